The summed E-state index contributed by atoms with van der Waals surface area (Å²) in [6.07, 6.45) is 1.76. The van der Waals surface area contributed by atoms with E-state index in [1.165, 1.54) is 11.5 Å². The number of anilines is 1. The number of hydrogen-bond acceptors (Lipinski definition) is 7. The first-order valence-corrected chi connectivity index (χ1v) is 6.87. The van der Waals surface area contributed by atoms with Crippen LogP contribution in [0.3, 0.4) is 0 Å². The number of hydrazine groups is 1. The molecule has 0 bridgehead atoms. The van der Waals surface area contributed by atoms with Gasteiger partial charge in [-0.05, 0) is 28.1 Å². The van der Waals surface area contributed by atoms with Crippen molar-refractivity contribution in [1.29, 1.82) is 0 Å². The summed E-state index contributed by atoms with van der Waals surface area (Å²) < 4.78 is 4.81. The molecule has 0 saturated carbocycles. The molecule has 0 amide bonds. The first-order valence-electron chi connectivity index (χ1n) is 4.32. The predicted octanol–water partition coefficient (Wildman–Crippen LogP) is 2.27. The van der Waals surface area contributed by atoms with Crippen molar-refractivity contribution in [3.8, 4) is 0 Å². The number of nitrogens with two attached hydrogens (primary N) is 1. The highest BCUT2D eigenvalue weighted by molar-refractivity contribution is 9.10. The van der Waals surface area contributed by atoms with Crippen LogP contribution in [-0.2, 0) is 5.75 Å². The number of nitrogens with one attached hydrogen (secondary N) is 1. The summed E-state index contributed by atoms with van der Waals surface area (Å²) in [6.45, 7) is 0. The minimum absolute atomic E-state index is 0.686. The highest BCUT2D eigenvalue weighted by atomic mass is 79.9. The molecule has 0 aliphatic rings. The second-order valence-corrected chi connectivity index (χ2v) is 5.34. The normalized spacial score (nSPS) is 10.4. The van der Waals surface area contributed by atoms with Gasteiger partial charge in [-0.1, -0.05) is 16.3 Å². The van der Waals surface area contributed by atoms with Crippen molar-refractivity contribution in [3.05, 3.63) is 28.5 Å². The van der Waals surface area contributed by atoms with Crippen LogP contribution in [0.15, 0.2) is 27.8 Å². The molecule has 2 heterocycles. The van der Waals surface area contributed by atoms with Crippen LogP contribution in [0.1, 0.15) is 5.69 Å². The average molecular weight is 318 g/mol. The summed E-state index contributed by atoms with van der Waals surface area (Å²) in [7, 11) is 0. The lowest BCUT2D eigenvalue weighted by Crippen LogP contribution is -2.06. The largest absolute Gasteiger partial charge is 0.313 e. The van der Waals surface area contributed by atoms with Crippen molar-refractivity contribution in [1.82, 2.24) is 14.6 Å². The van der Waals surface area contributed by atoms with Gasteiger partial charge in [-0.15, -0.1) is 5.10 Å². The first kappa shape index (κ1) is 11.8. The van der Waals surface area contributed by atoms with Gasteiger partial charge in [0.15, 0.2) is 0 Å². The van der Waals surface area contributed by atoms with E-state index in [0.717, 1.165) is 20.2 Å². The van der Waals surface area contributed by atoms with E-state index in [1.54, 1.807) is 18.0 Å². The summed E-state index contributed by atoms with van der Waals surface area (Å²) in [5.41, 5.74) is 3.42. The molecule has 8 heteroatoms. The molecular formula is C8H8BrN5S2. The summed E-state index contributed by atoms with van der Waals surface area (Å²) in [4.78, 5) is 4.25. The van der Waals surface area contributed by atoms with Gasteiger partial charge in [-0.3, -0.25) is 0 Å². The van der Waals surface area contributed by atoms with Crippen LogP contribution in [0.5, 0.6) is 0 Å². The van der Waals surface area contributed by atoms with Crippen molar-refractivity contribution < 1.29 is 0 Å². The predicted molar refractivity (Wildman–Crippen MR) is 69.2 cm³/mol. The van der Waals surface area contributed by atoms with E-state index >= 15 is 0 Å². The molecule has 0 fully saturated rings. The summed E-state index contributed by atoms with van der Waals surface area (Å²) in [5.74, 6) is 6.03. The Labute approximate surface area is 109 Å². The van der Waals surface area contributed by atoms with Gasteiger partial charge in [-0.25, -0.2) is 10.8 Å². The molecule has 5 nitrogen and oxygen atoms in total. The maximum absolute atomic E-state index is 5.34. The number of aromatic nitrogens is 3. The van der Waals surface area contributed by atoms with Gasteiger partial charge in [0.05, 0.1) is 0 Å². The van der Waals surface area contributed by atoms with E-state index in [4.69, 9.17) is 5.84 Å². The van der Waals surface area contributed by atoms with Crippen molar-refractivity contribution in [2.45, 2.75) is 10.8 Å². The number of nitrogen functional groups attached to an aromatic ring is 1. The van der Waals surface area contributed by atoms with E-state index < -0.39 is 0 Å². The van der Waals surface area contributed by atoms with Gasteiger partial charge in [0.25, 0.3) is 0 Å². The van der Waals surface area contributed by atoms with Crippen LogP contribution in [0.25, 0.3) is 0 Å². The van der Waals surface area contributed by atoms with Gasteiger partial charge in [0.2, 0.25) is 0 Å². The maximum atomic E-state index is 5.34. The molecule has 0 spiro atoms. The molecule has 0 saturated heterocycles. The Morgan fingerprint density at radius 2 is 2.44 bits per heavy atom. The van der Waals surface area contributed by atoms with Gasteiger partial charge < -0.3 is 5.43 Å². The summed E-state index contributed by atoms with van der Waals surface area (Å²) in [5, 5.41) is 5.71. The Kier molecular flexibility index (Phi) is 4.10. The van der Waals surface area contributed by atoms with Crippen LogP contribution in [0, 0.1) is 0 Å². The van der Waals surface area contributed by atoms with E-state index in [2.05, 4.69) is 35.9 Å². The van der Waals surface area contributed by atoms with Gasteiger partial charge in [-0.2, -0.15) is 0 Å². The van der Waals surface area contributed by atoms with Crippen molar-refractivity contribution in [2.24, 2.45) is 5.84 Å². The van der Waals surface area contributed by atoms with Gasteiger partial charge >= 0.3 is 0 Å². The summed E-state index contributed by atoms with van der Waals surface area (Å²) >= 11 is 6.27. The maximum Gasteiger partial charge on any atom is 0.148 e. The number of halogens is 1. The molecule has 0 radical (unpaired) electrons. The van der Waals surface area contributed by atoms with Crippen molar-refractivity contribution in [3.63, 3.8) is 0 Å². The third kappa shape index (κ3) is 2.70. The molecule has 0 atom stereocenters. The fourth-order valence-electron chi connectivity index (χ4n) is 1.03. The minimum atomic E-state index is 0.686. The van der Waals surface area contributed by atoms with Crippen molar-refractivity contribution in [2.75, 3.05) is 5.43 Å². The zero-order valence-corrected chi connectivity index (χ0v) is 11.3. The second-order valence-electron chi connectivity index (χ2n) is 2.77. The molecule has 0 aliphatic carbocycles. The zero-order chi connectivity index (χ0) is 11.4. The smallest absolute Gasteiger partial charge is 0.148 e. The molecule has 16 heavy (non-hydrogen) atoms. The fraction of sp³-hybridized carbons (Fsp3) is 0.125. The van der Waals surface area contributed by atoms with Crippen LogP contribution < -0.4 is 11.3 Å². The van der Waals surface area contributed by atoms with E-state index in [1.807, 2.05) is 12.1 Å². The number of nitrogens with zero attached hydrogens (tertiary/aromatic N) is 3. The van der Waals surface area contributed by atoms with Gasteiger partial charge in [0, 0.05) is 28.0 Å². The van der Waals surface area contributed by atoms with Crippen LogP contribution in [0.4, 0.5) is 5.00 Å². The lowest BCUT2D eigenvalue weighted by Gasteiger charge is -2.02. The average Bonchev–Trinajstić information content (AvgIpc) is 2.75. The topological polar surface area (TPSA) is 76.7 Å². The molecule has 2 aromatic heterocycles. The third-order valence-electron chi connectivity index (χ3n) is 1.76. The molecule has 0 aliphatic heterocycles. The van der Waals surface area contributed by atoms with Gasteiger partial charge in [0.1, 0.15) is 15.7 Å². The van der Waals surface area contributed by atoms with E-state index in [-0.39, 0.29) is 0 Å². The Hall–Kier alpha value is -0.700. The first-order chi connectivity index (χ1) is 7.81. The second kappa shape index (κ2) is 5.58. The van der Waals surface area contributed by atoms with E-state index in [0.29, 0.717) is 5.75 Å². The highest BCUT2D eigenvalue weighted by Gasteiger charge is 2.08. The lowest BCUT2D eigenvalue weighted by atomic mass is 10.5. The Bertz CT molecular complexity index is 475. The Balaban J connectivity index is 2.05. The highest BCUT2D eigenvalue weighted by Crippen LogP contribution is 2.29. The molecule has 2 aromatic rings. The number of thioether (sulfide) groups is 1. The molecule has 2 rings (SSSR count). The molecule has 0 unspecified atom stereocenters. The lowest BCUT2D eigenvalue weighted by molar-refractivity contribution is 1.06. The molecular weight excluding hydrogens is 310 g/mol. The monoisotopic (exact) mass is 317 g/mol. The van der Waals surface area contributed by atoms with E-state index in [9.17, 15) is 0 Å². The fourth-order valence-corrected chi connectivity index (χ4v) is 3.03. The molecule has 84 valence electrons. The molecule has 3 N–H and O–H groups in total. The minimum Gasteiger partial charge on any atom is -0.313 e. The Morgan fingerprint density at radius 3 is 3.19 bits per heavy atom. The SMILES string of the molecule is NNc1snnc1CSc1ncccc1Br. The number of pyridine rings is 1. The third-order valence-corrected chi connectivity index (χ3v) is 4.38. The molecule has 0 aromatic carbocycles. The Morgan fingerprint density at radius 1 is 1.56 bits per heavy atom. The van der Waals surface area contributed by atoms with Crippen LogP contribution >= 0.6 is 39.2 Å². The van der Waals surface area contributed by atoms with Crippen LogP contribution in [0.2, 0.25) is 0 Å². The van der Waals surface area contributed by atoms with Crippen LogP contribution in [-0.4, -0.2) is 14.6 Å². The standard InChI is InChI=1S/C8H8BrN5S2/c9-5-2-1-3-11-7(5)15-4-6-8(12-10)16-14-13-6/h1-3,12H,4,10H2. The van der Waals surface area contributed by atoms with Crippen molar-refractivity contribution >= 4 is 44.2 Å². The summed E-state index contributed by atoms with van der Waals surface area (Å²) in [6, 6.07) is 3.84. The zero-order valence-electron chi connectivity index (χ0n) is 8.05. The quantitative estimate of drug-likeness (QED) is 0.512. The number of rotatable bonds is 4. The number of hydrogen-bond donors (Lipinski definition) is 2.